The van der Waals surface area contributed by atoms with Crippen LogP contribution in [0.3, 0.4) is 0 Å². The molecule has 31 heavy (non-hydrogen) atoms. The fourth-order valence-electron chi connectivity index (χ4n) is 3.16. The molecule has 1 amide bonds. The summed E-state index contributed by atoms with van der Waals surface area (Å²) >= 11 is 6.03. The zero-order valence-electron chi connectivity index (χ0n) is 16.3. The molecule has 0 spiro atoms. The van der Waals surface area contributed by atoms with Crippen LogP contribution in [0.25, 0.3) is 11.3 Å². The van der Waals surface area contributed by atoms with Crippen LogP contribution in [0.1, 0.15) is 36.7 Å². The number of rotatable bonds is 4. The summed E-state index contributed by atoms with van der Waals surface area (Å²) in [5.74, 6) is 0.0754. The van der Waals surface area contributed by atoms with Crippen molar-refractivity contribution >= 4 is 29.0 Å². The lowest BCUT2D eigenvalue weighted by Gasteiger charge is -2.10. The van der Waals surface area contributed by atoms with Crippen LogP contribution in [0.2, 0.25) is 5.15 Å². The lowest BCUT2D eigenvalue weighted by atomic mass is 10.1. The molecule has 0 unspecified atom stereocenters. The molecule has 0 fully saturated rings. The van der Waals surface area contributed by atoms with Crippen LogP contribution in [0.15, 0.2) is 36.7 Å². The number of carbonyl (C=O) groups excluding carboxylic acids is 1. The number of carbonyl (C=O) groups is 1. The lowest BCUT2D eigenvalue weighted by Crippen LogP contribution is -2.28. The molecular formula is C19H16ClF3N6O2. The molecule has 4 aromatic heterocycles. The van der Waals surface area contributed by atoms with E-state index in [4.69, 9.17) is 16.3 Å². The van der Waals surface area contributed by atoms with Crippen LogP contribution in [-0.4, -0.2) is 30.1 Å². The van der Waals surface area contributed by atoms with Gasteiger partial charge in [0, 0.05) is 17.8 Å². The number of hydrogen-bond donors (Lipinski definition) is 1. The van der Waals surface area contributed by atoms with Gasteiger partial charge >= 0.3 is 12.3 Å². The molecule has 0 radical (unpaired) electrons. The van der Waals surface area contributed by atoms with Crippen molar-refractivity contribution in [3.63, 3.8) is 0 Å². The second-order valence-electron chi connectivity index (χ2n) is 6.98. The van der Waals surface area contributed by atoms with Gasteiger partial charge in [0.25, 0.3) is 0 Å². The second kappa shape index (κ2) is 7.73. The van der Waals surface area contributed by atoms with Gasteiger partial charge in [0.05, 0.1) is 18.4 Å². The maximum Gasteiger partial charge on any atom is 0.433 e. The Morgan fingerprint density at radius 3 is 2.77 bits per heavy atom. The van der Waals surface area contributed by atoms with Crippen LogP contribution >= 0.6 is 11.6 Å². The number of halogens is 4. The number of nitrogens with zero attached hydrogens (tertiary/aromatic N) is 5. The average molecular weight is 453 g/mol. The van der Waals surface area contributed by atoms with Gasteiger partial charge in [0.15, 0.2) is 11.3 Å². The predicted molar refractivity (Wildman–Crippen MR) is 105 cm³/mol. The first-order chi connectivity index (χ1) is 14.6. The highest BCUT2D eigenvalue weighted by Crippen LogP contribution is 2.32. The summed E-state index contributed by atoms with van der Waals surface area (Å²) < 4.78 is 48.0. The summed E-state index contributed by atoms with van der Waals surface area (Å²) in [6, 6.07) is 5.76. The Morgan fingerprint density at radius 1 is 1.29 bits per heavy atom. The van der Waals surface area contributed by atoms with Gasteiger partial charge < -0.3 is 10.1 Å². The van der Waals surface area contributed by atoms with Crippen molar-refractivity contribution in [2.45, 2.75) is 32.5 Å². The molecule has 0 bridgehead atoms. The summed E-state index contributed by atoms with van der Waals surface area (Å²) in [5, 5.41) is 6.53. The molecule has 0 saturated carbocycles. The third-order valence-electron chi connectivity index (χ3n) is 4.53. The molecule has 0 aliphatic carbocycles. The van der Waals surface area contributed by atoms with E-state index in [9.17, 15) is 18.0 Å². The highest BCUT2D eigenvalue weighted by molar-refractivity contribution is 6.29. The Bertz CT molecular complexity index is 1280. The van der Waals surface area contributed by atoms with Crippen molar-refractivity contribution in [2.75, 3.05) is 0 Å². The first-order valence-electron chi connectivity index (χ1n) is 9.18. The SMILES string of the molecule is CC(C)c1cnn2c(OC(=O)NCc3nc4ccccn4c3C(F)(F)F)cc(Cl)nc12. The van der Waals surface area contributed by atoms with Crippen LogP contribution in [-0.2, 0) is 12.7 Å². The highest BCUT2D eigenvalue weighted by atomic mass is 35.5. The molecule has 12 heteroatoms. The standard InChI is InChI=1S/C19H16ClF3N6O2/c1-10(2)11-8-25-29-15(7-13(20)27-17(11)29)31-18(30)24-9-12-16(19(21,22)23)28-6-4-3-5-14(28)26-12/h3-8,10H,9H2,1-2H3,(H,24,30). The maximum atomic E-state index is 13.5. The van der Waals surface area contributed by atoms with Gasteiger partial charge in [-0.1, -0.05) is 31.5 Å². The van der Waals surface area contributed by atoms with E-state index < -0.39 is 24.5 Å². The normalized spacial score (nSPS) is 12.1. The Balaban J connectivity index is 1.57. The summed E-state index contributed by atoms with van der Waals surface area (Å²) in [4.78, 5) is 20.5. The number of imidazole rings is 1. The molecule has 0 aliphatic heterocycles. The number of fused-ring (bicyclic) bond motifs is 2. The smallest absolute Gasteiger partial charge is 0.391 e. The van der Waals surface area contributed by atoms with Crippen molar-refractivity contribution in [1.29, 1.82) is 0 Å². The Labute approximate surface area is 178 Å². The zero-order chi connectivity index (χ0) is 22.3. The molecule has 4 rings (SSSR count). The largest absolute Gasteiger partial charge is 0.433 e. The van der Waals surface area contributed by atoms with Crippen molar-refractivity contribution in [3.8, 4) is 5.88 Å². The van der Waals surface area contributed by atoms with Gasteiger partial charge in [0.1, 0.15) is 10.8 Å². The Morgan fingerprint density at radius 2 is 2.06 bits per heavy atom. The Kier molecular flexibility index (Phi) is 5.21. The molecule has 4 heterocycles. The number of alkyl halides is 3. The van der Waals surface area contributed by atoms with Crippen LogP contribution in [0.5, 0.6) is 5.88 Å². The first kappa shape index (κ1) is 20.9. The Hall–Kier alpha value is -3.34. The fraction of sp³-hybridized carbons (Fsp3) is 0.263. The minimum absolute atomic E-state index is 0.0227. The lowest BCUT2D eigenvalue weighted by molar-refractivity contribution is -0.142. The van der Waals surface area contributed by atoms with Gasteiger partial charge in [-0.05, 0) is 18.1 Å². The molecule has 0 saturated heterocycles. The molecule has 0 aliphatic rings. The van der Waals surface area contributed by atoms with E-state index in [1.807, 2.05) is 13.8 Å². The topological polar surface area (TPSA) is 85.8 Å². The monoisotopic (exact) mass is 452 g/mol. The number of nitrogens with one attached hydrogen (secondary N) is 1. The van der Waals surface area contributed by atoms with Crippen LogP contribution in [0.4, 0.5) is 18.0 Å². The summed E-state index contributed by atoms with van der Waals surface area (Å²) in [6.45, 7) is 3.40. The molecule has 0 aromatic carbocycles. The van der Waals surface area contributed by atoms with Gasteiger partial charge in [-0.25, -0.2) is 14.8 Å². The van der Waals surface area contributed by atoms with Crippen molar-refractivity contribution in [2.24, 2.45) is 0 Å². The van der Waals surface area contributed by atoms with E-state index in [2.05, 4.69) is 20.4 Å². The highest BCUT2D eigenvalue weighted by Gasteiger charge is 2.38. The first-order valence-corrected chi connectivity index (χ1v) is 9.56. The quantitative estimate of drug-likeness (QED) is 0.462. The number of pyridine rings is 1. The van der Waals surface area contributed by atoms with E-state index in [0.29, 0.717) is 5.65 Å². The molecule has 4 aromatic rings. The molecule has 8 nitrogen and oxygen atoms in total. The van der Waals surface area contributed by atoms with Gasteiger partial charge in [0.2, 0.25) is 5.88 Å². The van der Waals surface area contributed by atoms with Gasteiger partial charge in [-0.3, -0.25) is 4.40 Å². The van der Waals surface area contributed by atoms with Crippen LogP contribution in [0, 0.1) is 0 Å². The zero-order valence-corrected chi connectivity index (χ0v) is 17.1. The summed E-state index contributed by atoms with van der Waals surface area (Å²) in [6.07, 6.45) is -2.81. The summed E-state index contributed by atoms with van der Waals surface area (Å²) in [5.41, 5.74) is 0.0267. The van der Waals surface area contributed by atoms with Crippen molar-refractivity contribution < 1.29 is 22.7 Å². The average Bonchev–Trinajstić information content (AvgIpc) is 3.27. The minimum atomic E-state index is -4.66. The number of hydrogen-bond acceptors (Lipinski definition) is 5. The third-order valence-corrected chi connectivity index (χ3v) is 4.72. The second-order valence-corrected chi connectivity index (χ2v) is 7.37. The molecule has 0 atom stereocenters. The fourth-order valence-corrected chi connectivity index (χ4v) is 3.33. The maximum absolute atomic E-state index is 13.5. The number of ether oxygens (including phenoxy) is 1. The van der Waals surface area contributed by atoms with Crippen molar-refractivity contribution in [1.82, 2.24) is 29.3 Å². The van der Waals surface area contributed by atoms with E-state index in [0.717, 1.165) is 9.96 Å². The van der Waals surface area contributed by atoms with E-state index in [1.165, 1.54) is 28.9 Å². The van der Waals surface area contributed by atoms with E-state index in [-0.39, 0.29) is 28.3 Å². The molecule has 162 valence electrons. The number of amides is 1. The van der Waals surface area contributed by atoms with Crippen LogP contribution < -0.4 is 10.1 Å². The third kappa shape index (κ3) is 4.00. The molecule has 1 N–H and O–H groups in total. The predicted octanol–water partition coefficient (Wildman–Crippen LogP) is 4.46. The molecular weight excluding hydrogens is 437 g/mol. The van der Waals surface area contributed by atoms with E-state index >= 15 is 0 Å². The van der Waals surface area contributed by atoms with Crippen molar-refractivity contribution in [3.05, 3.63) is 58.8 Å². The van der Waals surface area contributed by atoms with Gasteiger partial charge in [-0.2, -0.15) is 22.8 Å². The number of aromatic nitrogens is 5. The summed E-state index contributed by atoms with van der Waals surface area (Å²) in [7, 11) is 0. The van der Waals surface area contributed by atoms with E-state index in [1.54, 1.807) is 12.3 Å². The van der Waals surface area contributed by atoms with Gasteiger partial charge in [-0.15, -0.1) is 0 Å². The minimum Gasteiger partial charge on any atom is -0.391 e.